The first-order valence-electron chi connectivity index (χ1n) is 12.1. The van der Waals surface area contributed by atoms with Crippen LogP contribution in [-0.2, 0) is 30.4 Å². The second kappa shape index (κ2) is 15.8. The summed E-state index contributed by atoms with van der Waals surface area (Å²) in [6.45, 7) is 3.57. The minimum absolute atomic E-state index is 0.0910. The van der Waals surface area contributed by atoms with Gasteiger partial charge >= 0.3 is 0 Å². The standard InChI is InChI=1S/C22H39N11O5/c1-11(2)17(18(25)35)33-21(38)14(4-3-7-29-22(26)27)32-20(37)15(5-6-16(24)34)31-19(36)13(23)8-12-9-28-10-30-12/h9-11,13-15,17H,3-8,23H2,1-2H3,(H2,24,34)(H2,25,35)(H,28,30)(H,31,36)(H,32,37)(H,33,38)(H4,26,27,29)/t13-,14-,15-,17-/m0/s1. The second-order valence-electron chi connectivity index (χ2n) is 9.10. The van der Waals surface area contributed by atoms with Gasteiger partial charge in [0.2, 0.25) is 29.5 Å². The van der Waals surface area contributed by atoms with E-state index in [2.05, 4.69) is 30.9 Å². The second-order valence-corrected chi connectivity index (χ2v) is 9.10. The van der Waals surface area contributed by atoms with E-state index in [-0.39, 0.29) is 44.1 Å². The topological polar surface area (TPSA) is 293 Å². The van der Waals surface area contributed by atoms with Crippen LogP contribution in [0.4, 0.5) is 0 Å². The fourth-order valence-corrected chi connectivity index (χ4v) is 3.42. The lowest BCUT2D eigenvalue weighted by atomic mass is 10.0. The van der Waals surface area contributed by atoms with Gasteiger partial charge in [0.05, 0.1) is 12.4 Å². The summed E-state index contributed by atoms with van der Waals surface area (Å²) in [4.78, 5) is 72.5. The summed E-state index contributed by atoms with van der Waals surface area (Å²) in [5.74, 6) is -3.96. The number of nitrogens with zero attached hydrogens (tertiary/aromatic N) is 2. The highest BCUT2D eigenvalue weighted by Gasteiger charge is 2.30. The van der Waals surface area contributed by atoms with Gasteiger partial charge in [-0.2, -0.15) is 0 Å². The van der Waals surface area contributed by atoms with Gasteiger partial charge in [0.1, 0.15) is 18.1 Å². The molecule has 1 rings (SSSR count). The molecule has 4 atom stereocenters. The number of carbonyl (C=O) groups excluding carboxylic acids is 5. The van der Waals surface area contributed by atoms with Crippen molar-refractivity contribution in [3.05, 3.63) is 18.2 Å². The predicted octanol–water partition coefficient (Wildman–Crippen LogP) is -3.81. The molecule has 1 heterocycles. The number of aromatic nitrogens is 2. The maximum atomic E-state index is 13.2. The molecule has 0 radical (unpaired) electrons. The number of nitrogens with two attached hydrogens (primary N) is 5. The van der Waals surface area contributed by atoms with E-state index in [4.69, 9.17) is 28.7 Å². The number of rotatable bonds is 17. The highest BCUT2D eigenvalue weighted by atomic mass is 16.2. The van der Waals surface area contributed by atoms with Crippen LogP contribution in [0.3, 0.4) is 0 Å². The molecule has 16 heteroatoms. The molecule has 0 spiro atoms. The molecule has 0 aromatic carbocycles. The monoisotopic (exact) mass is 537 g/mol. The normalized spacial score (nSPS) is 14.0. The molecule has 16 nitrogen and oxygen atoms in total. The summed E-state index contributed by atoms with van der Waals surface area (Å²) in [6.07, 6.45) is 3.10. The van der Waals surface area contributed by atoms with E-state index in [1.165, 1.54) is 12.5 Å². The number of aromatic amines is 1. The molecule has 212 valence electrons. The summed E-state index contributed by atoms with van der Waals surface area (Å²) < 4.78 is 0. The van der Waals surface area contributed by atoms with Crippen molar-refractivity contribution in [1.82, 2.24) is 25.9 Å². The highest BCUT2D eigenvalue weighted by molar-refractivity contribution is 5.94. The molecule has 0 saturated heterocycles. The fourth-order valence-electron chi connectivity index (χ4n) is 3.42. The van der Waals surface area contributed by atoms with Crippen LogP contribution < -0.4 is 44.6 Å². The minimum Gasteiger partial charge on any atom is -0.370 e. The van der Waals surface area contributed by atoms with Gasteiger partial charge in [0, 0.05) is 31.3 Å². The molecular formula is C22H39N11O5. The van der Waals surface area contributed by atoms with Gasteiger partial charge in [-0.25, -0.2) is 4.98 Å². The first-order valence-corrected chi connectivity index (χ1v) is 12.1. The Morgan fingerprint density at radius 3 is 2.08 bits per heavy atom. The SMILES string of the molecule is CC(C)[C@H](NC(=O)[C@H](CCCN=C(N)N)NC(=O)[C@H](CCC(N)=O)NC(=O)[C@@H](N)Cc1cnc[nH]1)C(N)=O. The number of imidazole rings is 1. The average molecular weight is 538 g/mol. The molecule has 0 bridgehead atoms. The number of H-pyrrole nitrogens is 1. The average Bonchev–Trinajstić information content (AvgIpc) is 3.33. The van der Waals surface area contributed by atoms with Crippen molar-refractivity contribution in [2.75, 3.05) is 6.54 Å². The first-order chi connectivity index (χ1) is 17.8. The Labute approximate surface area is 220 Å². The van der Waals surface area contributed by atoms with Crippen molar-refractivity contribution >= 4 is 35.5 Å². The molecule has 0 fully saturated rings. The van der Waals surface area contributed by atoms with Crippen LogP contribution in [0.5, 0.6) is 0 Å². The lowest BCUT2D eigenvalue weighted by Crippen LogP contribution is -2.58. The number of nitrogens with one attached hydrogen (secondary N) is 4. The minimum atomic E-state index is -1.23. The Morgan fingerprint density at radius 2 is 1.55 bits per heavy atom. The summed E-state index contributed by atoms with van der Waals surface area (Å²) in [7, 11) is 0. The van der Waals surface area contributed by atoms with E-state index in [9.17, 15) is 24.0 Å². The van der Waals surface area contributed by atoms with Crippen LogP contribution in [0.2, 0.25) is 0 Å². The fraction of sp³-hybridized carbons (Fsp3) is 0.591. The predicted molar refractivity (Wildman–Crippen MR) is 138 cm³/mol. The van der Waals surface area contributed by atoms with Crippen LogP contribution >= 0.6 is 0 Å². The molecule has 0 aliphatic carbocycles. The lowest BCUT2D eigenvalue weighted by Gasteiger charge is -2.26. The Morgan fingerprint density at radius 1 is 0.947 bits per heavy atom. The number of amides is 5. The first kappa shape index (κ1) is 31.8. The van der Waals surface area contributed by atoms with Gasteiger partial charge in [-0.15, -0.1) is 0 Å². The van der Waals surface area contributed by atoms with Gasteiger partial charge in [0.15, 0.2) is 5.96 Å². The molecule has 1 aromatic heterocycles. The van der Waals surface area contributed by atoms with Crippen molar-refractivity contribution in [2.24, 2.45) is 39.6 Å². The zero-order valence-corrected chi connectivity index (χ0v) is 21.6. The molecule has 0 unspecified atom stereocenters. The Kier molecular flexibility index (Phi) is 13.2. The number of hydrogen-bond donors (Lipinski definition) is 9. The summed E-state index contributed by atoms with van der Waals surface area (Å²) in [5, 5.41) is 7.61. The zero-order chi connectivity index (χ0) is 28.8. The van der Waals surface area contributed by atoms with E-state index in [0.29, 0.717) is 12.1 Å². The largest absolute Gasteiger partial charge is 0.370 e. The smallest absolute Gasteiger partial charge is 0.243 e. The van der Waals surface area contributed by atoms with E-state index < -0.39 is 53.7 Å². The molecule has 0 saturated carbocycles. The van der Waals surface area contributed by atoms with Crippen molar-refractivity contribution in [2.45, 2.75) is 70.1 Å². The number of aliphatic imine (C=N–C) groups is 1. The Hall–Kier alpha value is -4.21. The number of carbonyl (C=O) groups is 5. The summed E-state index contributed by atoms with van der Waals surface area (Å²) in [6, 6.07) is -4.37. The third kappa shape index (κ3) is 11.7. The van der Waals surface area contributed by atoms with Crippen molar-refractivity contribution < 1.29 is 24.0 Å². The van der Waals surface area contributed by atoms with Crippen LogP contribution in [0.25, 0.3) is 0 Å². The third-order valence-corrected chi connectivity index (χ3v) is 5.49. The maximum absolute atomic E-state index is 13.2. The van der Waals surface area contributed by atoms with E-state index >= 15 is 0 Å². The van der Waals surface area contributed by atoms with Gasteiger partial charge in [-0.1, -0.05) is 13.8 Å². The van der Waals surface area contributed by atoms with Crippen LogP contribution in [0.1, 0.15) is 45.2 Å². The zero-order valence-electron chi connectivity index (χ0n) is 21.6. The number of guanidine groups is 1. The summed E-state index contributed by atoms with van der Waals surface area (Å²) in [5.41, 5.74) is 27.8. The Balaban J connectivity index is 3.03. The van der Waals surface area contributed by atoms with E-state index in [1.54, 1.807) is 13.8 Å². The lowest BCUT2D eigenvalue weighted by molar-refractivity contribution is -0.134. The molecule has 0 aliphatic rings. The van der Waals surface area contributed by atoms with Crippen LogP contribution in [0.15, 0.2) is 17.5 Å². The van der Waals surface area contributed by atoms with Gasteiger partial charge < -0.3 is 49.6 Å². The number of hydrogen-bond acceptors (Lipinski definition) is 8. The molecule has 0 aliphatic heterocycles. The molecule has 14 N–H and O–H groups in total. The molecule has 38 heavy (non-hydrogen) atoms. The highest BCUT2D eigenvalue weighted by Crippen LogP contribution is 2.07. The number of primary amides is 2. The van der Waals surface area contributed by atoms with Crippen molar-refractivity contribution in [3.63, 3.8) is 0 Å². The van der Waals surface area contributed by atoms with Crippen molar-refractivity contribution in [3.8, 4) is 0 Å². The quantitative estimate of drug-likeness (QED) is 0.0533. The summed E-state index contributed by atoms with van der Waals surface area (Å²) >= 11 is 0. The third-order valence-electron chi connectivity index (χ3n) is 5.49. The van der Waals surface area contributed by atoms with Gasteiger partial charge in [0.25, 0.3) is 0 Å². The van der Waals surface area contributed by atoms with E-state index in [0.717, 1.165) is 0 Å². The van der Waals surface area contributed by atoms with Gasteiger partial charge in [-0.3, -0.25) is 29.0 Å². The molecule has 5 amide bonds. The van der Waals surface area contributed by atoms with Gasteiger partial charge in [-0.05, 0) is 25.2 Å². The van der Waals surface area contributed by atoms with Crippen LogP contribution in [-0.4, -0.2) is 76.2 Å². The van der Waals surface area contributed by atoms with Crippen molar-refractivity contribution in [1.29, 1.82) is 0 Å². The Bertz CT molecular complexity index is 976. The van der Waals surface area contributed by atoms with Crippen LogP contribution in [0, 0.1) is 5.92 Å². The molecular weight excluding hydrogens is 498 g/mol. The maximum Gasteiger partial charge on any atom is 0.243 e. The van der Waals surface area contributed by atoms with E-state index in [1.807, 2.05) is 0 Å². The molecule has 1 aromatic rings.